The topological polar surface area (TPSA) is 68.6 Å². The van der Waals surface area contributed by atoms with Crippen LogP contribution >= 0.6 is 35.4 Å². The van der Waals surface area contributed by atoms with Gasteiger partial charge in [-0.05, 0) is 24.6 Å². The number of hydrogen-bond acceptors (Lipinski definition) is 5. The van der Waals surface area contributed by atoms with Crippen molar-refractivity contribution in [3.63, 3.8) is 0 Å². The Kier molecular flexibility index (Phi) is 7.03. The number of rotatable bonds is 1. The summed E-state index contributed by atoms with van der Waals surface area (Å²) in [5.74, 6) is 1.91. The second-order valence-electron chi connectivity index (χ2n) is 5.22. The van der Waals surface area contributed by atoms with Crippen LogP contribution in [0, 0.1) is 0 Å². The second kappa shape index (κ2) is 7.85. The van der Waals surface area contributed by atoms with E-state index < -0.39 is 10.6 Å². The summed E-state index contributed by atoms with van der Waals surface area (Å²) in [4.78, 5) is 6.94. The number of pyridine rings is 1. The van der Waals surface area contributed by atoms with Crippen molar-refractivity contribution in [1.82, 2.24) is 10.3 Å². The molecule has 0 saturated carbocycles. The van der Waals surface area contributed by atoms with E-state index in [1.807, 2.05) is 0 Å². The minimum Gasteiger partial charge on any atom is -0.353 e. The third kappa shape index (κ3) is 4.61. The van der Waals surface area contributed by atoms with Gasteiger partial charge in [-0.15, -0.1) is 24.8 Å². The SMILES string of the molecule is Cl.Cl.OS1(O)CCN(c2ccc3c(n2)CCNCC3)CC1. The van der Waals surface area contributed by atoms with Crippen molar-refractivity contribution in [1.29, 1.82) is 0 Å². The Hall–Kier alpha value is -0.240. The molecule has 2 aliphatic heterocycles. The molecular formula is C13H23Cl2N3O2S. The molecular weight excluding hydrogens is 333 g/mol. The van der Waals surface area contributed by atoms with Crippen LogP contribution in [0.1, 0.15) is 11.3 Å². The number of halogens is 2. The molecule has 0 aromatic carbocycles. The van der Waals surface area contributed by atoms with Crippen LogP contribution in [-0.4, -0.2) is 51.8 Å². The van der Waals surface area contributed by atoms with Gasteiger partial charge >= 0.3 is 0 Å². The van der Waals surface area contributed by atoms with E-state index in [-0.39, 0.29) is 24.8 Å². The molecule has 0 amide bonds. The van der Waals surface area contributed by atoms with Crippen molar-refractivity contribution in [2.75, 3.05) is 42.6 Å². The lowest BCUT2D eigenvalue weighted by atomic mass is 10.1. The molecule has 0 spiro atoms. The standard InChI is InChI=1S/C13H21N3O2S.2ClH/c17-19(18)9-7-16(8-10-19)13-2-1-11-3-5-14-6-4-12(11)15-13;;/h1-2,14,17-18H,3-10H2;2*1H. The van der Waals surface area contributed by atoms with Crippen LogP contribution in [0.3, 0.4) is 0 Å². The highest BCUT2D eigenvalue weighted by Gasteiger charge is 2.23. The Balaban J connectivity index is 0.00000110. The van der Waals surface area contributed by atoms with Crippen molar-refractivity contribution in [2.24, 2.45) is 0 Å². The van der Waals surface area contributed by atoms with Crippen molar-refractivity contribution in [3.8, 4) is 0 Å². The summed E-state index contributed by atoms with van der Waals surface area (Å²) in [6.07, 6.45) is 2.02. The van der Waals surface area contributed by atoms with Crippen molar-refractivity contribution >= 4 is 41.2 Å². The maximum Gasteiger partial charge on any atom is 0.128 e. The van der Waals surface area contributed by atoms with Gasteiger partial charge in [-0.25, -0.2) is 4.98 Å². The number of anilines is 1. The molecule has 3 heterocycles. The van der Waals surface area contributed by atoms with Crippen LogP contribution in [0.25, 0.3) is 0 Å². The monoisotopic (exact) mass is 355 g/mol. The van der Waals surface area contributed by atoms with E-state index >= 15 is 0 Å². The summed E-state index contributed by atoms with van der Waals surface area (Å²) in [6, 6.07) is 4.25. The maximum atomic E-state index is 9.65. The van der Waals surface area contributed by atoms with Gasteiger partial charge < -0.3 is 10.2 Å². The van der Waals surface area contributed by atoms with Gasteiger partial charge in [0.25, 0.3) is 0 Å². The van der Waals surface area contributed by atoms with Crippen LogP contribution in [-0.2, 0) is 12.8 Å². The van der Waals surface area contributed by atoms with Gasteiger partial charge in [-0.2, -0.15) is 10.6 Å². The normalized spacial score (nSPS) is 22.1. The lowest BCUT2D eigenvalue weighted by Gasteiger charge is -2.41. The zero-order chi connectivity index (χ0) is 13.3. The first-order chi connectivity index (χ1) is 9.14. The molecule has 1 aromatic rings. The molecule has 1 saturated heterocycles. The number of fused-ring (bicyclic) bond motifs is 1. The third-order valence-electron chi connectivity index (χ3n) is 3.86. The Labute approximate surface area is 139 Å². The highest BCUT2D eigenvalue weighted by Crippen LogP contribution is 2.41. The molecule has 8 heteroatoms. The average Bonchev–Trinajstić information content (AvgIpc) is 2.63. The number of nitrogens with zero attached hydrogens (tertiary/aromatic N) is 2. The van der Waals surface area contributed by atoms with Crippen molar-refractivity contribution in [2.45, 2.75) is 12.8 Å². The highest BCUT2D eigenvalue weighted by atomic mass is 35.5. The van der Waals surface area contributed by atoms with E-state index in [4.69, 9.17) is 4.98 Å². The molecule has 122 valence electrons. The molecule has 1 aromatic heterocycles. The van der Waals surface area contributed by atoms with Gasteiger partial charge in [-0.1, -0.05) is 6.07 Å². The molecule has 1 fully saturated rings. The Morgan fingerprint density at radius 3 is 2.43 bits per heavy atom. The van der Waals surface area contributed by atoms with E-state index in [2.05, 4.69) is 22.3 Å². The molecule has 0 unspecified atom stereocenters. The van der Waals surface area contributed by atoms with Gasteiger partial charge in [0, 0.05) is 31.7 Å². The fourth-order valence-corrected chi connectivity index (χ4v) is 3.88. The quantitative estimate of drug-likeness (QED) is 0.720. The zero-order valence-electron chi connectivity index (χ0n) is 11.8. The molecule has 3 N–H and O–H groups in total. The van der Waals surface area contributed by atoms with Crippen molar-refractivity contribution in [3.05, 3.63) is 23.4 Å². The molecule has 5 nitrogen and oxygen atoms in total. The van der Waals surface area contributed by atoms with E-state index in [1.54, 1.807) is 0 Å². The second-order valence-corrected chi connectivity index (χ2v) is 7.64. The van der Waals surface area contributed by atoms with Gasteiger partial charge in [0.2, 0.25) is 0 Å². The largest absolute Gasteiger partial charge is 0.353 e. The van der Waals surface area contributed by atoms with Crippen LogP contribution < -0.4 is 10.2 Å². The molecule has 0 radical (unpaired) electrons. The predicted molar refractivity (Wildman–Crippen MR) is 93.8 cm³/mol. The molecule has 21 heavy (non-hydrogen) atoms. The molecule has 2 aliphatic rings. The predicted octanol–water partition coefficient (Wildman–Crippen LogP) is 2.18. The number of nitrogens with one attached hydrogen (secondary N) is 1. The summed E-state index contributed by atoms with van der Waals surface area (Å²) >= 11 is 0. The lowest BCUT2D eigenvalue weighted by Crippen LogP contribution is -2.38. The fraction of sp³-hybridized carbons (Fsp3) is 0.615. The Morgan fingerprint density at radius 1 is 1.05 bits per heavy atom. The molecule has 3 rings (SSSR count). The minimum absolute atomic E-state index is 0. The number of hydrogen-bond donors (Lipinski definition) is 3. The van der Waals surface area contributed by atoms with Gasteiger partial charge in [0.1, 0.15) is 5.82 Å². The van der Waals surface area contributed by atoms with E-state index in [0.29, 0.717) is 24.6 Å². The summed E-state index contributed by atoms with van der Waals surface area (Å²) in [6.45, 7) is 3.39. The zero-order valence-corrected chi connectivity index (χ0v) is 14.3. The highest BCUT2D eigenvalue weighted by molar-refractivity contribution is 8.24. The van der Waals surface area contributed by atoms with Crippen molar-refractivity contribution < 1.29 is 9.11 Å². The van der Waals surface area contributed by atoms with E-state index in [9.17, 15) is 9.11 Å². The molecule has 0 aliphatic carbocycles. The first-order valence-corrected chi connectivity index (χ1v) is 8.71. The van der Waals surface area contributed by atoms with E-state index in [0.717, 1.165) is 31.7 Å². The third-order valence-corrected chi connectivity index (χ3v) is 5.54. The summed E-state index contributed by atoms with van der Waals surface area (Å²) in [5, 5.41) is 3.39. The minimum atomic E-state index is -2.33. The Morgan fingerprint density at radius 2 is 1.71 bits per heavy atom. The van der Waals surface area contributed by atoms with Crippen LogP contribution in [0.15, 0.2) is 12.1 Å². The molecule has 0 atom stereocenters. The fourth-order valence-electron chi connectivity index (χ4n) is 2.65. The van der Waals surface area contributed by atoms with Crippen LogP contribution in [0.2, 0.25) is 0 Å². The average molecular weight is 356 g/mol. The van der Waals surface area contributed by atoms with Crippen LogP contribution in [0.5, 0.6) is 0 Å². The van der Waals surface area contributed by atoms with Gasteiger partial charge in [0.05, 0.1) is 11.5 Å². The lowest BCUT2D eigenvalue weighted by molar-refractivity contribution is 0.479. The Bertz CT molecular complexity index is 467. The first-order valence-electron chi connectivity index (χ1n) is 6.82. The first kappa shape index (κ1) is 18.8. The van der Waals surface area contributed by atoms with E-state index in [1.165, 1.54) is 11.3 Å². The summed E-state index contributed by atoms with van der Waals surface area (Å²) < 4.78 is 19.3. The van der Waals surface area contributed by atoms with Gasteiger partial charge in [0.15, 0.2) is 0 Å². The van der Waals surface area contributed by atoms with Gasteiger partial charge in [-0.3, -0.25) is 9.11 Å². The summed E-state index contributed by atoms with van der Waals surface area (Å²) in [5.41, 5.74) is 2.54. The maximum absolute atomic E-state index is 9.65. The smallest absolute Gasteiger partial charge is 0.128 e. The molecule has 0 bridgehead atoms. The summed E-state index contributed by atoms with van der Waals surface area (Å²) in [7, 11) is -2.33. The number of aromatic nitrogens is 1. The van der Waals surface area contributed by atoms with Crippen LogP contribution in [0.4, 0.5) is 5.82 Å².